The molecule has 0 unspecified atom stereocenters. The molecule has 2 aromatic heterocycles. The molecule has 0 radical (unpaired) electrons. The molecule has 0 atom stereocenters. The summed E-state index contributed by atoms with van der Waals surface area (Å²) in [5, 5.41) is 10.6. The van der Waals surface area contributed by atoms with E-state index < -0.39 is 17.8 Å². The van der Waals surface area contributed by atoms with E-state index in [0.29, 0.717) is 12.6 Å². The highest BCUT2D eigenvalue weighted by Gasteiger charge is 2.33. The third kappa shape index (κ3) is 4.20. The van der Waals surface area contributed by atoms with Gasteiger partial charge in [0, 0.05) is 31.5 Å². The molecule has 3 N–H and O–H groups in total. The minimum atomic E-state index is -4.55. The number of pyridine rings is 1. The molecule has 0 saturated heterocycles. The maximum atomic E-state index is 12.3. The van der Waals surface area contributed by atoms with Crippen LogP contribution in [0, 0.1) is 0 Å². The Morgan fingerprint density at radius 1 is 1.33 bits per heavy atom. The lowest BCUT2D eigenvalue weighted by atomic mass is 10.3. The highest BCUT2D eigenvalue weighted by Crippen LogP contribution is 2.27. The van der Waals surface area contributed by atoms with Crippen LogP contribution in [0.3, 0.4) is 0 Å². The molecular formula is C12H12F3N5O. The predicted octanol–water partition coefficient (Wildman–Crippen LogP) is 1.67. The standard InChI is InChI=1S/C12H12F3N5O/c13-12(14,15)10-6-9(19-20-10)11(21)18-5-4-17-8-2-1-3-16-7-8/h1-3,6-7,17H,4-5H2,(H,18,21)(H,19,20). The molecular weight excluding hydrogens is 287 g/mol. The van der Waals surface area contributed by atoms with E-state index in [1.807, 2.05) is 0 Å². The first-order chi connectivity index (χ1) is 9.97. The number of rotatable bonds is 5. The summed E-state index contributed by atoms with van der Waals surface area (Å²) < 4.78 is 37.0. The summed E-state index contributed by atoms with van der Waals surface area (Å²) in [4.78, 5) is 15.5. The van der Waals surface area contributed by atoms with Gasteiger partial charge in [0.1, 0.15) is 5.69 Å². The molecule has 0 fully saturated rings. The summed E-state index contributed by atoms with van der Waals surface area (Å²) in [6, 6.07) is 4.23. The molecule has 6 nitrogen and oxygen atoms in total. The maximum Gasteiger partial charge on any atom is 0.432 e. The molecule has 0 bridgehead atoms. The summed E-state index contributed by atoms with van der Waals surface area (Å²) in [6.45, 7) is 0.649. The predicted molar refractivity (Wildman–Crippen MR) is 68.6 cm³/mol. The average Bonchev–Trinajstić information content (AvgIpc) is 2.94. The van der Waals surface area contributed by atoms with Crippen molar-refractivity contribution >= 4 is 11.6 Å². The van der Waals surface area contributed by atoms with Crippen LogP contribution in [0.5, 0.6) is 0 Å². The van der Waals surface area contributed by atoms with Crippen LogP contribution in [0.15, 0.2) is 30.6 Å². The molecule has 0 aliphatic heterocycles. The molecule has 0 saturated carbocycles. The molecule has 1 amide bonds. The van der Waals surface area contributed by atoms with E-state index in [9.17, 15) is 18.0 Å². The van der Waals surface area contributed by atoms with E-state index in [1.165, 1.54) is 0 Å². The van der Waals surface area contributed by atoms with E-state index in [-0.39, 0.29) is 12.2 Å². The first-order valence-electron chi connectivity index (χ1n) is 6.01. The summed E-state index contributed by atoms with van der Waals surface area (Å²) in [6.07, 6.45) is -1.30. The Morgan fingerprint density at radius 2 is 2.14 bits per heavy atom. The van der Waals surface area contributed by atoms with Crippen molar-refractivity contribution in [3.8, 4) is 0 Å². The Kier molecular flexibility index (Phi) is 4.41. The van der Waals surface area contributed by atoms with Gasteiger partial charge >= 0.3 is 6.18 Å². The minimum Gasteiger partial charge on any atom is -0.382 e. The van der Waals surface area contributed by atoms with E-state index >= 15 is 0 Å². The van der Waals surface area contributed by atoms with Crippen LogP contribution < -0.4 is 10.6 Å². The molecule has 0 aliphatic carbocycles. The van der Waals surface area contributed by atoms with E-state index in [4.69, 9.17) is 0 Å². The number of H-pyrrole nitrogens is 1. The van der Waals surface area contributed by atoms with Crippen LogP contribution in [0.1, 0.15) is 16.2 Å². The van der Waals surface area contributed by atoms with Gasteiger partial charge in [0.25, 0.3) is 5.91 Å². The van der Waals surface area contributed by atoms with E-state index in [1.54, 1.807) is 29.6 Å². The number of anilines is 1. The zero-order valence-electron chi connectivity index (χ0n) is 10.7. The zero-order valence-corrected chi connectivity index (χ0v) is 10.7. The fourth-order valence-corrected chi connectivity index (χ4v) is 1.52. The Balaban J connectivity index is 1.78. The number of hydrogen-bond acceptors (Lipinski definition) is 4. The van der Waals surface area contributed by atoms with Gasteiger partial charge in [-0.15, -0.1) is 0 Å². The SMILES string of the molecule is O=C(NCCNc1cccnc1)c1cc(C(F)(F)F)[nH]n1. The lowest BCUT2D eigenvalue weighted by molar-refractivity contribution is -0.141. The van der Waals surface area contributed by atoms with Crippen LogP contribution in [0.25, 0.3) is 0 Å². The second-order valence-corrected chi connectivity index (χ2v) is 4.09. The van der Waals surface area contributed by atoms with Gasteiger partial charge in [-0.25, -0.2) is 0 Å². The number of carbonyl (C=O) groups is 1. The zero-order chi connectivity index (χ0) is 15.3. The first-order valence-corrected chi connectivity index (χ1v) is 6.01. The number of aromatic amines is 1. The van der Waals surface area contributed by atoms with Crippen molar-refractivity contribution in [3.63, 3.8) is 0 Å². The molecule has 0 spiro atoms. The van der Waals surface area contributed by atoms with Crippen molar-refractivity contribution in [1.29, 1.82) is 0 Å². The molecule has 2 aromatic rings. The molecule has 112 valence electrons. The van der Waals surface area contributed by atoms with Crippen LogP contribution in [-0.2, 0) is 6.18 Å². The van der Waals surface area contributed by atoms with E-state index in [2.05, 4.69) is 20.7 Å². The molecule has 9 heteroatoms. The number of aromatic nitrogens is 3. The Morgan fingerprint density at radius 3 is 2.76 bits per heavy atom. The van der Waals surface area contributed by atoms with Gasteiger partial charge in [-0.05, 0) is 12.1 Å². The molecule has 21 heavy (non-hydrogen) atoms. The van der Waals surface area contributed by atoms with Crippen molar-refractivity contribution in [2.24, 2.45) is 0 Å². The number of hydrogen-bond donors (Lipinski definition) is 3. The Bertz CT molecular complexity index is 596. The molecule has 0 aliphatic rings. The molecule has 0 aromatic carbocycles. The summed E-state index contributed by atoms with van der Waals surface area (Å²) in [7, 11) is 0. The smallest absolute Gasteiger partial charge is 0.382 e. The minimum absolute atomic E-state index is 0.238. The average molecular weight is 299 g/mol. The fraction of sp³-hybridized carbons (Fsp3) is 0.250. The Hall–Kier alpha value is -2.58. The number of carbonyl (C=O) groups excluding carboxylic acids is 1. The van der Waals surface area contributed by atoms with Gasteiger partial charge in [-0.2, -0.15) is 18.3 Å². The maximum absolute atomic E-state index is 12.3. The molecule has 2 heterocycles. The third-order valence-corrected chi connectivity index (χ3v) is 2.52. The highest BCUT2D eigenvalue weighted by molar-refractivity contribution is 5.92. The quantitative estimate of drug-likeness (QED) is 0.733. The fourth-order valence-electron chi connectivity index (χ4n) is 1.52. The van der Waals surface area contributed by atoms with Crippen LogP contribution in [-0.4, -0.2) is 34.2 Å². The lowest BCUT2D eigenvalue weighted by Crippen LogP contribution is -2.29. The van der Waals surface area contributed by atoms with Gasteiger partial charge in [-0.1, -0.05) is 0 Å². The van der Waals surface area contributed by atoms with Gasteiger partial charge in [0.2, 0.25) is 0 Å². The Labute approximate surface area is 117 Å². The van der Waals surface area contributed by atoms with Crippen molar-refractivity contribution in [3.05, 3.63) is 42.0 Å². The largest absolute Gasteiger partial charge is 0.432 e. The van der Waals surface area contributed by atoms with Crippen molar-refractivity contribution in [2.45, 2.75) is 6.18 Å². The van der Waals surface area contributed by atoms with E-state index in [0.717, 1.165) is 5.69 Å². The van der Waals surface area contributed by atoms with Crippen molar-refractivity contribution < 1.29 is 18.0 Å². The van der Waals surface area contributed by atoms with Crippen molar-refractivity contribution in [2.75, 3.05) is 18.4 Å². The van der Waals surface area contributed by atoms with Crippen LogP contribution >= 0.6 is 0 Å². The summed E-state index contributed by atoms with van der Waals surface area (Å²) >= 11 is 0. The summed E-state index contributed by atoms with van der Waals surface area (Å²) in [5.74, 6) is -0.672. The van der Waals surface area contributed by atoms with Crippen molar-refractivity contribution in [1.82, 2.24) is 20.5 Å². The second kappa shape index (κ2) is 6.25. The lowest BCUT2D eigenvalue weighted by Gasteiger charge is -2.06. The highest BCUT2D eigenvalue weighted by atomic mass is 19.4. The normalized spacial score (nSPS) is 11.2. The third-order valence-electron chi connectivity index (χ3n) is 2.52. The number of nitrogens with one attached hydrogen (secondary N) is 3. The van der Waals surface area contributed by atoms with Gasteiger partial charge in [0.05, 0.1) is 5.69 Å². The number of amides is 1. The number of nitrogens with zero attached hydrogens (tertiary/aromatic N) is 2. The van der Waals surface area contributed by atoms with Gasteiger partial charge < -0.3 is 10.6 Å². The monoisotopic (exact) mass is 299 g/mol. The molecule has 2 rings (SSSR count). The number of halogens is 3. The van der Waals surface area contributed by atoms with Crippen LogP contribution in [0.2, 0.25) is 0 Å². The first kappa shape index (κ1) is 14.8. The number of alkyl halides is 3. The van der Waals surface area contributed by atoms with Gasteiger partial charge in [-0.3, -0.25) is 14.9 Å². The van der Waals surface area contributed by atoms with Crippen LogP contribution in [0.4, 0.5) is 18.9 Å². The topological polar surface area (TPSA) is 82.7 Å². The summed E-state index contributed by atoms with van der Waals surface area (Å²) in [5.41, 5.74) is -0.573. The van der Waals surface area contributed by atoms with Gasteiger partial charge in [0.15, 0.2) is 5.69 Å². The second-order valence-electron chi connectivity index (χ2n) is 4.09.